The molecule has 0 atom stereocenters. The van der Waals surface area contributed by atoms with Crippen LogP contribution in [0.3, 0.4) is 0 Å². The third-order valence-electron chi connectivity index (χ3n) is 4.16. The van der Waals surface area contributed by atoms with Crippen molar-refractivity contribution in [1.29, 1.82) is 0 Å². The minimum Gasteiger partial charge on any atom is -0.487 e. The van der Waals surface area contributed by atoms with Gasteiger partial charge in [-0.3, -0.25) is 4.99 Å². The molecule has 6 nitrogen and oxygen atoms in total. The van der Waals surface area contributed by atoms with Gasteiger partial charge in [0.15, 0.2) is 11.5 Å². The highest BCUT2D eigenvalue weighted by Crippen LogP contribution is 2.32. The van der Waals surface area contributed by atoms with Gasteiger partial charge in [0.25, 0.3) is 0 Å². The first-order valence-electron chi connectivity index (χ1n) is 9.29. The minimum atomic E-state index is 0.423. The SMILES string of the molecule is Clc1cccc(NC2=NCCOCCOc3ccccc3Oc3ncccc32)c1. The number of hydrogen-bond donors (Lipinski definition) is 1. The largest absolute Gasteiger partial charge is 0.487 e. The third kappa shape index (κ3) is 5.04. The van der Waals surface area contributed by atoms with Crippen molar-refractivity contribution in [2.24, 2.45) is 4.99 Å². The molecule has 0 aliphatic carbocycles. The van der Waals surface area contributed by atoms with Gasteiger partial charge in [-0.25, -0.2) is 4.98 Å². The monoisotopic (exact) mass is 409 g/mol. The molecule has 2 aromatic carbocycles. The van der Waals surface area contributed by atoms with Gasteiger partial charge in [0.2, 0.25) is 5.88 Å². The van der Waals surface area contributed by atoms with Crippen LogP contribution in [-0.2, 0) is 4.74 Å². The maximum absolute atomic E-state index is 6.13. The van der Waals surface area contributed by atoms with E-state index in [-0.39, 0.29) is 0 Å². The Hall–Kier alpha value is -3.09. The highest BCUT2D eigenvalue weighted by atomic mass is 35.5. The standard InChI is InChI=1S/C22H20ClN3O3/c23-16-5-3-6-17(15-16)26-21-18-7-4-10-25-22(18)29-20-9-2-1-8-19(20)28-14-13-27-12-11-24-21/h1-10,15H,11-14H2,(H,24,26). The van der Waals surface area contributed by atoms with E-state index in [9.17, 15) is 0 Å². The molecule has 0 fully saturated rings. The van der Waals surface area contributed by atoms with Crippen LogP contribution in [0.25, 0.3) is 0 Å². The van der Waals surface area contributed by atoms with Gasteiger partial charge >= 0.3 is 0 Å². The topological polar surface area (TPSA) is 65.0 Å². The number of rotatable bonds is 1. The Bertz CT molecular complexity index is 1010. The van der Waals surface area contributed by atoms with Crippen LogP contribution in [0, 0.1) is 0 Å². The Kier molecular flexibility index (Phi) is 6.24. The number of ether oxygens (including phenoxy) is 3. The lowest BCUT2D eigenvalue weighted by Gasteiger charge is -2.15. The Morgan fingerprint density at radius 2 is 1.79 bits per heavy atom. The van der Waals surface area contributed by atoms with Crippen LogP contribution in [-0.4, -0.2) is 37.2 Å². The minimum absolute atomic E-state index is 0.423. The molecule has 1 aliphatic rings. The molecular formula is C22H20ClN3O3. The summed E-state index contributed by atoms with van der Waals surface area (Å²) in [4.78, 5) is 9.11. The number of aliphatic imine (C=N–C) groups is 1. The first kappa shape index (κ1) is 19.2. The summed E-state index contributed by atoms with van der Waals surface area (Å²) in [6, 6.07) is 18.7. The summed E-state index contributed by atoms with van der Waals surface area (Å²) < 4.78 is 17.6. The molecule has 7 heteroatoms. The Morgan fingerprint density at radius 3 is 2.69 bits per heavy atom. The summed E-state index contributed by atoms with van der Waals surface area (Å²) in [6.45, 7) is 1.84. The van der Waals surface area contributed by atoms with E-state index in [1.54, 1.807) is 6.20 Å². The number of anilines is 1. The second kappa shape index (κ2) is 9.41. The van der Waals surface area contributed by atoms with Crippen LogP contribution in [0.4, 0.5) is 5.69 Å². The van der Waals surface area contributed by atoms with Crippen molar-refractivity contribution >= 4 is 23.1 Å². The number of hydrogen-bond acceptors (Lipinski definition) is 6. The summed E-state index contributed by atoms with van der Waals surface area (Å²) in [7, 11) is 0. The Morgan fingerprint density at radius 1 is 0.897 bits per heavy atom. The van der Waals surface area contributed by atoms with Crippen molar-refractivity contribution < 1.29 is 14.2 Å². The molecule has 1 aromatic heterocycles. The van der Waals surface area contributed by atoms with E-state index >= 15 is 0 Å². The van der Waals surface area contributed by atoms with E-state index in [0.717, 1.165) is 11.3 Å². The van der Waals surface area contributed by atoms with Crippen LogP contribution < -0.4 is 14.8 Å². The lowest BCUT2D eigenvalue weighted by molar-refractivity contribution is 0.105. The molecule has 148 valence electrons. The van der Waals surface area contributed by atoms with Crippen molar-refractivity contribution in [3.63, 3.8) is 0 Å². The fourth-order valence-corrected chi connectivity index (χ4v) is 3.03. The van der Waals surface area contributed by atoms with Gasteiger partial charge in [-0.2, -0.15) is 0 Å². The normalized spacial score (nSPS) is 14.4. The van der Waals surface area contributed by atoms with Crippen molar-refractivity contribution in [3.05, 3.63) is 77.4 Å². The van der Waals surface area contributed by atoms with E-state index in [4.69, 9.17) is 25.8 Å². The number of fused-ring (bicyclic) bond motifs is 2. The number of aromatic nitrogens is 1. The molecule has 29 heavy (non-hydrogen) atoms. The summed E-state index contributed by atoms with van der Waals surface area (Å²) >= 11 is 6.13. The van der Waals surface area contributed by atoms with Gasteiger partial charge in [0.05, 0.1) is 25.3 Å². The smallest absolute Gasteiger partial charge is 0.230 e. The van der Waals surface area contributed by atoms with Crippen LogP contribution in [0.2, 0.25) is 5.02 Å². The van der Waals surface area contributed by atoms with Gasteiger partial charge in [0, 0.05) is 16.9 Å². The predicted octanol–water partition coefficient (Wildman–Crippen LogP) is 4.80. The first-order valence-corrected chi connectivity index (χ1v) is 9.67. The summed E-state index contributed by atoms with van der Waals surface area (Å²) in [5.41, 5.74) is 1.54. The Balaban J connectivity index is 1.73. The zero-order chi connectivity index (χ0) is 19.9. The molecule has 0 bridgehead atoms. The van der Waals surface area contributed by atoms with E-state index in [1.807, 2.05) is 60.7 Å². The van der Waals surface area contributed by atoms with Gasteiger partial charge in [-0.1, -0.05) is 29.8 Å². The van der Waals surface area contributed by atoms with Crippen molar-refractivity contribution in [2.75, 3.05) is 31.7 Å². The molecule has 0 amide bonds. The van der Waals surface area contributed by atoms with Crippen LogP contribution >= 0.6 is 11.6 Å². The lowest BCUT2D eigenvalue weighted by atomic mass is 10.2. The fourth-order valence-electron chi connectivity index (χ4n) is 2.84. The molecule has 0 unspecified atom stereocenters. The number of amidine groups is 1. The maximum atomic E-state index is 6.13. The molecule has 0 radical (unpaired) electrons. The lowest BCUT2D eigenvalue weighted by Crippen LogP contribution is -2.17. The summed E-state index contributed by atoms with van der Waals surface area (Å²) in [5, 5.41) is 3.96. The maximum Gasteiger partial charge on any atom is 0.230 e. The number of nitrogens with one attached hydrogen (secondary N) is 1. The van der Waals surface area contributed by atoms with Crippen LogP contribution in [0.5, 0.6) is 17.4 Å². The molecule has 1 aliphatic heterocycles. The second-order valence-electron chi connectivity index (χ2n) is 6.23. The summed E-state index contributed by atoms with van der Waals surface area (Å²) in [6.07, 6.45) is 1.68. The third-order valence-corrected chi connectivity index (χ3v) is 4.40. The molecule has 0 spiro atoms. The highest BCUT2D eigenvalue weighted by molar-refractivity contribution is 6.31. The fraction of sp³-hybridized carbons (Fsp3) is 0.182. The van der Waals surface area contributed by atoms with E-state index in [0.29, 0.717) is 54.6 Å². The average Bonchev–Trinajstić information content (AvgIpc) is 2.75. The summed E-state index contributed by atoms with van der Waals surface area (Å²) in [5.74, 6) is 2.26. The van der Waals surface area contributed by atoms with Gasteiger partial charge in [-0.05, 0) is 42.5 Å². The van der Waals surface area contributed by atoms with E-state index in [2.05, 4.69) is 15.3 Å². The molecule has 3 aromatic rings. The molecule has 4 rings (SSSR count). The van der Waals surface area contributed by atoms with Crippen LogP contribution in [0.15, 0.2) is 71.9 Å². The van der Waals surface area contributed by atoms with E-state index in [1.165, 1.54) is 0 Å². The molecule has 0 saturated heterocycles. The van der Waals surface area contributed by atoms with Crippen LogP contribution in [0.1, 0.15) is 5.56 Å². The van der Waals surface area contributed by atoms with Gasteiger partial charge in [-0.15, -0.1) is 0 Å². The van der Waals surface area contributed by atoms with Crippen molar-refractivity contribution in [3.8, 4) is 17.4 Å². The molecule has 0 saturated carbocycles. The zero-order valence-electron chi connectivity index (χ0n) is 15.7. The average molecular weight is 410 g/mol. The number of halogens is 1. The number of para-hydroxylation sites is 2. The van der Waals surface area contributed by atoms with Crippen molar-refractivity contribution in [1.82, 2.24) is 4.98 Å². The Labute approximate surface area is 174 Å². The first-order chi connectivity index (χ1) is 14.3. The second-order valence-corrected chi connectivity index (χ2v) is 6.67. The molecule has 2 heterocycles. The predicted molar refractivity (Wildman–Crippen MR) is 114 cm³/mol. The highest BCUT2D eigenvalue weighted by Gasteiger charge is 2.16. The number of nitrogens with zero attached hydrogens (tertiary/aromatic N) is 2. The molecule has 1 N–H and O–H groups in total. The molecular weight excluding hydrogens is 390 g/mol. The van der Waals surface area contributed by atoms with Crippen molar-refractivity contribution in [2.45, 2.75) is 0 Å². The van der Waals surface area contributed by atoms with Gasteiger partial charge in [0.1, 0.15) is 12.4 Å². The quantitative estimate of drug-likeness (QED) is 0.625. The number of benzene rings is 2. The zero-order valence-corrected chi connectivity index (χ0v) is 16.4. The van der Waals surface area contributed by atoms with Gasteiger partial charge < -0.3 is 19.5 Å². The number of pyridine rings is 1. The van der Waals surface area contributed by atoms with E-state index < -0.39 is 0 Å².